The van der Waals surface area contributed by atoms with Crippen LogP contribution in [0.2, 0.25) is 0 Å². The van der Waals surface area contributed by atoms with Gasteiger partial charge in [-0.15, -0.1) is 0 Å². The van der Waals surface area contributed by atoms with Gasteiger partial charge < -0.3 is 5.41 Å². The molecule has 0 aromatic rings. The van der Waals surface area contributed by atoms with E-state index in [-0.39, 0.29) is 0 Å². The van der Waals surface area contributed by atoms with Gasteiger partial charge in [-0.05, 0) is 12.5 Å². The summed E-state index contributed by atoms with van der Waals surface area (Å²) in [5, 5.41) is 6.64. The minimum Gasteiger partial charge on any atom is -0.309 e. The molecule has 0 aliphatic heterocycles. The Morgan fingerprint density at radius 1 is 1.22 bits per heavy atom. The van der Waals surface area contributed by atoms with E-state index in [0.29, 0.717) is 0 Å². The summed E-state index contributed by atoms with van der Waals surface area (Å²) in [5.74, 6) is 0. The molecule has 1 nitrogen and oxygen atoms in total. The van der Waals surface area contributed by atoms with E-state index >= 15 is 0 Å². The second kappa shape index (κ2) is 7.15. The van der Waals surface area contributed by atoms with Crippen molar-refractivity contribution >= 4 is 6.21 Å². The third-order valence-corrected chi connectivity index (χ3v) is 0.910. The van der Waals surface area contributed by atoms with E-state index in [9.17, 15) is 0 Å². The van der Waals surface area contributed by atoms with Crippen molar-refractivity contribution in [2.24, 2.45) is 0 Å². The number of unbranched alkanes of at least 4 members (excludes halogenated alkanes) is 1. The molecule has 0 aliphatic rings. The van der Waals surface area contributed by atoms with Crippen molar-refractivity contribution in [2.75, 3.05) is 0 Å². The molecule has 0 amide bonds. The molecule has 0 rings (SSSR count). The fourth-order valence-corrected chi connectivity index (χ4v) is 0.461. The van der Waals surface area contributed by atoms with Crippen LogP contribution in [-0.4, -0.2) is 6.21 Å². The molecule has 9 heavy (non-hydrogen) atoms. The Morgan fingerprint density at radius 3 is 2.56 bits per heavy atom. The highest BCUT2D eigenvalue weighted by Gasteiger charge is 1.67. The van der Waals surface area contributed by atoms with Crippen molar-refractivity contribution in [1.82, 2.24) is 0 Å². The Morgan fingerprint density at radius 2 is 2.00 bits per heavy atom. The molecule has 0 saturated heterocycles. The standard InChI is InChI=1S/C8H13N/c1-2-3-4-5-6-7-8-9/h4-9H,2-3H2,1H3/b5-4+,7-6-,9-8?. The average Bonchev–Trinajstić information content (AvgIpc) is 1.89. The Hall–Kier alpha value is -0.850. The maximum absolute atomic E-state index is 6.64. The van der Waals surface area contributed by atoms with E-state index in [1.54, 1.807) is 6.08 Å². The van der Waals surface area contributed by atoms with Gasteiger partial charge in [-0.25, -0.2) is 0 Å². The molecule has 0 radical (unpaired) electrons. The zero-order chi connectivity index (χ0) is 6.95. The molecule has 1 N–H and O–H groups in total. The van der Waals surface area contributed by atoms with Crippen molar-refractivity contribution in [3.05, 3.63) is 24.3 Å². The van der Waals surface area contributed by atoms with Crippen molar-refractivity contribution in [2.45, 2.75) is 19.8 Å². The topological polar surface area (TPSA) is 23.9 Å². The lowest BCUT2D eigenvalue weighted by Gasteiger charge is -1.78. The monoisotopic (exact) mass is 123 g/mol. The second-order valence-electron chi connectivity index (χ2n) is 1.77. The molecule has 0 atom stereocenters. The van der Waals surface area contributed by atoms with Gasteiger partial charge >= 0.3 is 0 Å². The number of hydrogen-bond acceptors (Lipinski definition) is 1. The summed E-state index contributed by atoms with van der Waals surface area (Å²) in [7, 11) is 0. The highest BCUT2D eigenvalue weighted by Crippen LogP contribution is 1.87. The number of nitrogens with one attached hydrogen (secondary N) is 1. The van der Waals surface area contributed by atoms with Crippen LogP contribution >= 0.6 is 0 Å². The smallest absolute Gasteiger partial charge is 0.0177 e. The van der Waals surface area contributed by atoms with Crippen molar-refractivity contribution in [1.29, 1.82) is 5.41 Å². The Kier molecular flexibility index (Phi) is 6.47. The van der Waals surface area contributed by atoms with Gasteiger partial charge in [-0.3, -0.25) is 0 Å². The lowest BCUT2D eigenvalue weighted by Crippen LogP contribution is -1.59. The summed E-state index contributed by atoms with van der Waals surface area (Å²) in [5.41, 5.74) is 0. The molecule has 0 fully saturated rings. The van der Waals surface area contributed by atoms with E-state index in [1.807, 2.05) is 12.2 Å². The summed E-state index contributed by atoms with van der Waals surface area (Å²) in [6, 6.07) is 0. The summed E-state index contributed by atoms with van der Waals surface area (Å²) >= 11 is 0. The van der Waals surface area contributed by atoms with Crippen LogP contribution in [0.25, 0.3) is 0 Å². The van der Waals surface area contributed by atoms with Crippen LogP contribution < -0.4 is 0 Å². The lowest BCUT2D eigenvalue weighted by molar-refractivity contribution is 0.959. The van der Waals surface area contributed by atoms with E-state index in [2.05, 4.69) is 13.0 Å². The first-order valence-electron chi connectivity index (χ1n) is 3.24. The van der Waals surface area contributed by atoms with Crippen LogP contribution in [0.1, 0.15) is 19.8 Å². The normalized spacial score (nSPS) is 11.2. The molecule has 0 unspecified atom stereocenters. The predicted octanol–water partition coefficient (Wildman–Crippen LogP) is 2.55. The molecule has 1 heteroatoms. The summed E-state index contributed by atoms with van der Waals surface area (Å²) in [4.78, 5) is 0. The van der Waals surface area contributed by atoms with Crippen molar-refractivity contribution in [3.63, 3.8) is 0 Å². The second-order valence-corrected chi connectivity index (χ2v) is 1.77. The van der Waals surface area contributed by atoms with Crippen molar-refractivity contribution in [3.8, 4) is 0 Å². The SMILES string of the molecule is CCC/C=C/C=C\C=N. The zero-order valence-corrected chi connectivity index (χ0v) is 5.80. The number of hydrogen-bond donors (Lipinski definition) is 1. The molecule has 0 saturated carbocycles. The fraction of sp³-hybridized carbons (Fsp3) is 0.375. The van der Waals surface area contributed by atoms with Gasteiger partial charge in [0.2, 0.25) is 0 Å². The highest BCUT2D eigenvalue weighted by atomic mass is 14.3. The quantitative estimate of drug-likeness (QED) is 0.439. The summed E-state index contributed by atoms with van der Waals surface area (Å²) in [6.45, 7) is 2.14. The minimum atomic E-state index is 1.13. The van der Waals surface area contributed by atoms with Crippen LogP contribution in [0.4, 0.5) is 0 Å². The van der Waals surface area contributed by atoms with Crippen LogP contribution in [0, 0.1) is 5.41 Å². The maximum Gasteiger partial charge on any atom is 0.0177 e. The molecule has 0 aromatic carbocycles. The first-order valence-corrected chi connectivity index (χ1v) is 3.24. The number of allylic oxidation sites excluding steroid dienone is 4. The van der Waals surface area contributed by atoms with Crippen LogP contribution in [0.15, 0.2) is 24.3 Å². The molecule has 0 heterocycles. The highest BCUT2D eigenvalue weighted by molar-refractivity contribution is 5.68. The zero-order valence-electron chi connectivity index (χ0n) is 5.80. The Labute approximate surface area is 56.6 Å². The molecular weight excluding hydrogens is 110 g/mol. The van der Waals surface area contributed by atoms with Crippen LogP contribution in [-0.2, 0) is 0 Å². The number of rotatable bonds is 4. The van der Waals surface area contributed by atoms with E-state index in [1.165, 1.54) is 12.6 Å². The third kappa shape index (κ3) is 7.15. The summed E-state index contributed by atoms with van der Waals surface area (Å²) in [6.07, 6.45) is 11.2. The van der Waals surface area contributed by atoms with Gasteiger partial charge in [-0.2, -0.15) is 0 Å². The first-order chi connectivity index (χ1) is 4.41. The molecular formula is C8H13N. The molecule has 0 aromatic heterocycles. The van der Waals surface area contributed by atoms with Gasteiger partial charge in [0.15, 0.2) is 0 Å². The van der Waals surface area contributed by atoms with Gasteiger partial charge in [-0.1, -0.05) is 31.6 Å². The fourth-order valence-electron chi connectivity index (χ4n) is 0.461. The van der Waals surface area contributed by atoms with E-state index in [4.69, 9.17) is 5.41 Å². The van der Waals surface area contributed by atoms with Gasteiger partial charge in [0.25, 0.3) is 0 Å². The average molecular weight is 123 g/mol. The molecule has 0 bridgehead atoms. The minimum absolute atomic E-state index is 1.13. The molecule has 0 aliphatic carbocycles. The molecule has 0 spiro atoms. The molecule has 50 valence electrons. The Bertz CT molecular complexity index is 112. The van der Waals surface area contributed by atoms with Crippen LogP contribution in [0.3, 0.4) is 0 Å². The largest absolute Gasteiger partial charge is 0.309 e. The maximum atomic E-state index is 6.64. The van der Waals surface area contributed by atoms with Gasteiger partial charge in [0.1, 0.15) is 0 Å². The van der Waals surface area contributed by atoms with Crippen LogP contribution in [0.5, 0.6) is 0 Å². The van der Waals surface area contributed by atoms with E-state index < -0.39 is 0 Å². The lowest BCUT2D eigenvalue weighted by atomic mass is 10.3. The predicted molar refractivity (Wildman–Crippen MR) is 42.0 cm³/mol. The van der Waals surface area contributed by atoms with E-state index in [0.717, 1.165) is 6.42 Å². The van der Waals surface area contributed by atoms with Gasteiger partial charge in [0.05, 0.1) is 0 Å². The third-order valence-electron chi connectivity index (χ3n) is 0.910. The summed E-state index contributed by atoms with van der Waals surface area (Å²) < 4.78 is 0. The Balaban J connectivity index is 3.23. The first kappa shape index (κ1) is 8.15. The van der Waals surface area contributed by atoms with Gasteiger partial charge in [0, 0.05) is 6.21 Å². The van der Waals surface area contributed by atoms with Crippen molar-refractivity contribution < 1.29 is 0 Å².